The molecule has 0 saturated carbocycles. The van der Waals surface area contributed by atoms with E-state index >= 15 is 0 Å². The molecule has 0 bridgehead atoms. The van der Waals surface area contributed by atoms with Crippen molar-refractivity contribution >= 4 is 21.6 Å². The summed E-state index contributed by atoms with van der Waals surface area (Å²) >= 11 is 1.22. The van der Waals surface area contributed by atoms with Crippen LogP contribution < -0.4 is 16.0 Å². The molecule has 166 valence electrons. The quantitative estimate of drug-likeness (QED) is 0.379. The van der Waals surface area contributed by atoms with E-state index in [0.717, 1.165) is 4.57 Å². The van der Waals surface area contributed by atoms with Crippen LogP contribution in [0.5, 0.6) is 5.75 Å². The lowest BCUT2D eigenvalue weighted by atomic mass is 10.2. The maximum atomic E-state index is 13.4. The molecule has 8 nitrogen and oxygen atoms in total. The van der Waals surface area contributed by atoms with E-state index in [2.05, 4.69) is 10.1 Å². The van der Waals surface area contributed by atoms with E-state index < -0.39 is 17.1 Å². The van der Waals surface area contributed by atoms with Gasteiger partial charge in [0.15, 0.2) is 0 Å². The minimum absolute atomic E-state index is 0.0360. The first kappa shape index (κ1) is 20.8. The number of nitrogens with zero attached hydrogens (tertiary/aromatic N) is 4. The summed E-state index contributed by atoms with van der Waals surface area (Å²) in [5.74, 6) is 0.777. The normalized spacial score (nSPS) is 11.2. The number of ether oxygens (including phenoxy) is 1. The molecule has 0 fully saturated rings. The van der Waals surface area contributed by atoms with E-state index in [1.165, 1.54) is 40.2 Å². The Kier molecular flexibility index (Phi) is 5.35. The first-order chi connectivity index (χ1) is 16.0. The first-order valence-electron chi connectivity index (χ1n) is 10.1. The van der Waals surface area contributed by atoms with Gasteiger partial charge in [-0.2, -0.15) is 4.98 Å². The van der Waals surface area contributed by atoms with Crippen molar-refractivity contribution in [2.45, 2.75) is 13.5 Å². The molecule has 0 saturated heterocycles. The highest BCUT2D eigenvalue weighted by Gasteiger charge is 2.18. The van der Waals surface area contributed by atoms with E-state index in [1.807, 2.05) is 25.1 Å². The van der Waals surface area contributed by atoms with Crippen molar-refractivity contribution in [1.29, 1.82) is 0 Å². The predicted octanol–water partition coefficient (Wildman–Crippen LogP) is 3.85. The zero-order chi connectivity index (χ0) is 22.9. The first-order valence-corrected chi connectivity index (χ1v) is 11.0. The maximum Gasteiger partial charge on any atom is 0.336 e. The summed E-state index contributed by atoms with van der Waals surface area (Å²) in [6.45, 7) is 2.39. The molecule has 3 heterocycles. The van der Waals surface area contributed by atoms with Crippen molar-refractivity contribution in [2.75, 3.05) is 6.61 Å². The lowest BCUT2D eigenvalue weighted by Crippen LogP contribution is -2.38. The zero-order valence-electron chi connectivity index (χ0n) is 17.4. The fourth-order valence-electron chi connectivity index (χ4n) is 3.52. The molecule has 0 spiro atoms. The van der Waals surface area contributed by atoms with Gasteiger partial charge in [-0.3, -0.25) is 9.36 Å². The monoisotopic (exact) mass is 464 g/mol. The van der Waals surface area contributed by atoms with Crippen LogP contribution in [0.25, 0.3) is 27.3 Å². The highest BCUT2D eigenvalue weighted by atomic mass is 32.1. The Morgan fingerprint density at radius 3 is 2.73 bits per heavy atom. The van der Waals surface area contributed by atoms with Crippen LogP contribution in [0, 0.1) is 5.82 Å². The highest BCUT2D eigenvalue weighted by molar-refractivity contribution is 7.17. The summed E-state index contributed by atoms with van der Waals surface area (Å²) < 4.78 is 27.1. The van der Waals surface area contributed by atoms with E-state index in [-0.39, 0.29) is 18.1 Å². The van der Waals surface area contributed by atoms with Crippen LogP contribution in [0.3, 0.4) is 0 Å². The summed E-state index contributed by atoms with van der Waals surface area (Å²) in [7, 11) is 0. The van der Waals surface area contributed by atoms with Crippen LogP contribution in [-0.2, 0) is 6.54 Å². The largest absolute Gasteiger partial charge is 0.494 e. The van der Waals surface area contributed by atoms with Crippen molar-refractivity contribution in [3.05, 3.63) is 92.5 Å². The predicted molar refractivity (Wildman–Crippen MR) is 122 cm³/mol. The summed E-state index contributed by atoms with van der Waals surface area (Å²) in [6.07, 6.45) is 0. The van der Waals surface area contributed by atoms with Crippen LogP contribution in [-0.4, -0.2) is 25.9 Å². The third kappa shape index (κ3) is 3.85. The Bertz CT molecular complexity index is 1570. The molecule has 0 unspecified atom stereocenters. The van der Waals surface area contributed by atoms with Gasteiger partial charge in [0, 0.05) is 5.56 Å². The number of rotatable bonds is 6. The number of aromatic nitrogens is 4. The summed E-state index contributed by atoms with van der Waals surface area (Å²) in [6, 6.07) is 14.2. The molecule has 3 aromatic heterocycles. The second-order valence-corrected chi connectivity index (χ2v) is 8.01. The average molecular weight is 464 g/mol. The molecule has 5 rings (SSSR count). The van der Waals surface area contributed by atoms with Gasteiger partial charge in [-0.15, -0.1) is 11.3 Å². The molecular formula is C23H17FN4O4S. The van der Waals surface area contributed by atoms with Gasteiger partial charge in [0.05, 0.1) is 17.8 Å². The summed E-state index contributed by atoms with van der Waals surface area (Å²) in [5.41, 5.74) is 0.392. The minimum Gasteiger partial charge on any atom is -0.494 e. The molecule has 0 N–H and O–H groups in total. The Morgan fingerprint density at radius 2 is 1.94 bits per heavy atom. The second-order valence-electron chi connectivity index (χ2n) is 7.09. The van der Waals surface area contributed by atoms with Crippen molar-refractivity contribution in [3.63, 3.8) is 0 Å². The van der Waals surface area contributed by atoms with Gasteiger partial charge in [0.2, 0.25) is 11.7 Å². The molecule has 0 aliphatic carbocycles. The van der Waals surface area contributed by atoms with Crippen molar-refractivity contribution < 1.29 is 13.7 Å². The van der Waals surface area contributed by atoms with Crippen LogP contribution in [0.4, 0.5) is 4.39 Å². The van der Waals surface area contributed by atoms with Crippen molar-refractivity contribution in [3.8, 4) is 22.8 Å². The third-order valence-electron chi connectivity index (χ3n) is 5.00. The molecule has 0 aliphatic rings. The fourth-order valence-corrected chi connectivity index (χ4v) is 4.35. The Morgan fingerprint density at radius 1 is 1.12 bits per heavy atom. The Labute approximate surface area is 190 Å². The molecule has 5 aromatic rings. The molecule has 0 atom stereocenters. The summed E-state index contributed by atoms with van der Waals surface area (Å²) in [5, 5.41) is 5.76. The topological polar surface area (TPSA) is 92.2 Å². The van der Waals surface area contributed by atoms with Gasteiger partial charge < -0.3 is 9.26 Å². The SMILES string of the molecule is CCOc1cccc(-c2noc(Cn3c(=O)n(-c4ccc(F)cc4)c(=O)c4sccc43)n2)c1. The smallest absolute Gasteiger partial charge is 0.336 e. The molecule has 33 heavy (non-hydrogen) atoms. The van der Waals surface area contributed by atoms with E-state index in [0.29, 0.717) is 34.0 Å². The van der Waals surface area contributed by atoms with E-state index in [4.69, 9.17) is 9.26 Å². The molecular weight excluding hydrogens is 447 g/mol. The maximum absolute atomic E-state index is 13.4. The lowest BCUT2D eigenvalue weighted by molar-refractivity contribution is 0.340. The Hall–Kier alpha value is -4.05. The van der Waals surface area contributed by atoms with Gasteiger partial charge in [-0.25, -0.2) is 13.8 Å². The van der Waals surface area contributed by atoms with Crippen LogP contribution in [0.2, 0.25) is 0 Å². The van der Waals surface area contributed by atoms with Gasteiger partial charge in [-0.05, 0) is 54.8 Å². The number of benzene rings is 2. The van der Waals surface area contributed by atoms with Crippen LogP contribution in [0.1, 0.15) is 12.8 Å². The standard InChI is InChI=1S/C23H17FN4O4S/c1-2-31-17-5-3-4-14(12-17)21-25-19(32-26-21)13-27-18-10-11-33-20(18)22(29)28(23(27)30)16-8-6-15(24)7-9-16/h3-12H,2,13H2,1H3. The van der Waals surface area contributed by atoms with E-state index in [1.54, 1.807) is 17.5 Å². The molecule has 10 heteroatoms. The minimum atomic E-state index is -0.587. The van der Waals surface area contributed by atoms with Crippen molar-refractivity contribution in [1.82, 2.24) is 19.3 Å². The van der Waals surface area contributed by atoms with Gasteiger partial charge in [-0.1, -0.05) is 17.3 Å². The fraction of sp³-hybridized carbons (Fsp3) is 0.130. The number of halogens is 1. The van der Waals surface area contributed by atoms with Gasteiger partial charge >= 0.3 is 5.69 Å². The summed E-state index contributed by atoms with van der Waals surface area (Å²) in [4.78, 5) is 30.7. The number of hydrogen-bond acceptors (Lipinski definition) is 7. The molecule has 0 radical (unpaired) electrons. The number of hydrogen-bond donors (Lipinski definition) is 0. The molecule has 0 aliphatic heterocycles. The molecule has 2 aromatic carbocycles. The highest BCUT2D eigenvalue weighted by Crippen LogP contribution is 2.22. The lowest BCUT2D eigenvalue weighted by Gasteiger charge is -2.10. The average Bonchev–Trinajstić information content (AvgIpc) is 3.49. The molecule has 0 amide bonds. The van der Waals surface area contributed by atoms with Crippen molar-refractivity contribution in [2.24, 2.45) is 0 Å². The zero-order valence-corrected chi connectivity index (χ0v) is 18.2. The van der Waals surface area contributed by atoms with Gasteiger partial charge in [0.1, 0.15) is 22.8 Å². The number of fused-ring (bicyclic) bond motifs is 1. The second kappa shape index (κ2) is 8.47. The van der Waals surface area contributed by atoms with E-state index in [9.17, 15) is 14.0 Å². The van der Waals surface area contributed by atoms with Gasteiger partial charge in [0.25, 0.3) is 5.56 Å². The third-order valence-corrected chi connectivity index (χ3v) is 5.90. The Balaban J connectivity index is 1.57. The van der Waals surface area contributed by atoms with Crippen LogP contribution >= 0.6 is 11.3 Å². The number of thiophene rings is 1. The van der Waals surface area contributed by atoms with Crippen LogP contribution in [0.15, 0.2) is 74.1 Å².